The zero-order valence-corrected chi connectivity index (χ0v) is 12.9. The van der Waals surface area contributed by atoms with Crippen LogP contribution < -0.4 is 10.6 Å². The number of urea groups is 1. The highest BCUT2D eigenvalue weighted by Gasteiger charge is 2.08. The molecule has 112 valence electrons. The van der Waals surface area contributed by atoms with E-state index in [4.69, 9.17) is 23.2 Å². The molecule has 0 atom stereocenters. The van der Waals surface area contributed by atoms with Crippen LogP contribution in [-0.2, 0) is 6.42 Å². The van der Waals surface area contributed by atoms with E-state index < -0.39 is 0 Å². The number of aromatic amines is 1. The van der Waals surface area contributed by atoms with Crippen LogP contribution in [0.2, 0.25) is 10.0 Å². The van der Waals surface area contributed by atoms with Gasteiger partial charge < -0.3 is 10.6 Å². The number of halogens is 2. The summed E-state index contributed by atoms with van der Waals surface area (Å²) in [6, 6.07) is 3.02. The molecule has 0 fully saturated rings. The van der Waals surface area contributed by atoms with Crippen molar-refractivity contribution >= 4 is 34.9 Å². The summed E-state index contributed by atoms with van der Waals surface area (Å²) in [6.07, 6.45) is 2.93. The summed E-state index contributed by atoms with van der Waals surface area (Å²) in [5.41, 5.74) is 1.35. The summed E-state index contributed by atoms with van der Waals surface area (Å²) in [5, 5.41) is 12.9. The normalized spacial score (nSPS) is 10.4. The highest BCUT2D eigenvalue weighted by atomic mass is 35.5. The summed E-state index contributed by atoms with van der Waals surface area (Å²) in [7, 11) is 0. The largest absolute Gasteiger partial charge is 0.338 e. The van der Waals surface area contributed by atoms with Crippen molar-refractivity contribution in [2.45, 2.75) is 19.8 Å². The molecule has 2 rings (SSSR count). The lowest BCUT2D eigenvalue weighted by molar-refractivity contribution is 0.252. The summed E-state index contributed by atoms with van der Waals surface area (Å²) in [6.45, 7) is 2.37. The van der Waals surface area contributed by atoms with E-state index in [1.165, 1.54) is 6.33 Å². The smallest absolute Gasteiger partial charge is 0.319 e. The molecule has 0 spiro atoms. The summed E-state index contributed by atoms with van der Waals surface area (Å²) < 4.78 is 0. The Morgan fingerprint density at radius 1 is 1.33 bits per heavy atom. The first-order chi connectivity index (χ1) is 10.1. The average molecular weight is 328 g/mol. The molecule has 1 aromatic heterocycles. The van der Waals surface area contributed by atoms with Crippen molar-refractivity contribution in [2.24, 2.45) is 0 Å². The third kappa shape index (κ3) is 4.61. The number of nitrogens with zero attached hydrogens (tertiary/aromatic N) is 2. The van der Waals surface area contributed by atoms with Crippen molar-refractivity contribution in [3.05, 3.63) is 39.9 Å². The third-order valence-corrected chi connectivity index (χ3v) is 3.56. The first kappa shape index (κ1) is 15.6. The van der Waals surface area contributed by atoms with E-state index in [-0.39, 0.29) is 6.03 Å². The summed E-state index contributed by atoms with van der Waals surface area (Å²) in [5.74, 6) is 0.797. The van der Waals surface area contributed by atoms with Crippen LogP contribution in [0, 0.1) is 6.92 Å². The molecule has 0 aliphatic rings. The molecule has 0 radical (unpaired) electrons. The Bertz CT molecular complexity index is 615. The zero-order chi connectivity index (χ0) is 15.2. The van der Waals surface area contributed by atoms with Gasteiger partial charge in [-0.2, -0.15) is 5.10 Å². The number of hydrogen-bond donors (Lipinski definition) is 3. The molecule has 1 aromatic carbocycles. The quantitative estimate of drug-likeness (QED) is 0.737. The molecular formula is C13H15Cl2N5O. The minimum atomic E-state index is -0.325. The molecule has 21 heavy (non-hydrogen) atoms. The molecule has 8 heteroatoms. The van der Waals surface area contributed by atoms with Crippen LogP contribution in [0.5, 0.6) is 0 Å². The minimum Gasteiger partial charge on any atom is -0.338 e. The van der Waals surface area contributed by atoms with Gasteiger partial charge in [-0.15, -0.1) is 0 Å². The van der Waals surface area contributed by atoms with Gasteiger partial charge in [0, 0.05) is 18.0 Å². The molecule has 0 saturated heterocycles. The molecule has 0 unspecified atom stereocenters. The maximum atomic E-state index is 11.8. The van der Waals surface area contributed by atoms with Crippen molar-refractivity contribution in [1.82, 2.24) is 20.5 Å². The molecule has 0 aliphatic heterocycles. The Kier molecular flexibility index (Phi) is 5.41. The lowest BCUT2D eigenvalue weighted by Gasteiger charge is -2.10. The second-order valence-corrected chi connectivity index (χ2v) is 5.31. The predicted molar refractivity (Wildman–Crippen MR) is 82.9 cm³/mol. The van der Waals surface area contributed by atoms with Crippen LogP contribution in [0.15, 0.2) is 18.5 Å². The number of nitrogens with one attached hydrogen (secondary N) is 3. The number of aryl methyl sites for hydroxylation is 2. The number of carbonyl (C=O) groups is 1. The Morgan fingerprint density at radius 2 is 2.14 bits per heavy atom. The van der Waals surface area contributed by atoms with Crippen molar-refractivity contribution in [3.63, 3.8) is 0 Å². The van der Waals surface area contributed by atoms with E-state index in [1.54, 1.807) is 12.1 Å². The van der Waals surface area contributed by atoms with Gasteiger partial charge in [-0.1, -0.05) is 23.2 Å². The van der Waals surface area contributed by atoms with Gasteiger partial charge in [0.2, 0.25) is 0 Å². The third-order valence-electron chi connectivity index (χ3n) is 2.84. The predicted octanol–water partition coefficient (Wildman–Crippen LogP) is 3.17. The second-order valence-electron chi connectivity index (χ2n) is 4.50. The molecule has 2 amide bonds. The van der Waals surface area contributed by atoms with Crippen LogP contribution in [-0.4, -0.2) is 27.8 Å². The van der Waals surface area contributed by atoms with Crippen molar-refractivity contribution in [2.75, 3.05) is 11.9 Å². The lowest BCUT2D eigenvalue weighted by Crippen LogP contribution is -2.29. The first-order valence-electron chi connectivity index (χ1n) is 6.41. The maximum absolute atomic E-state index is 11.8. The van der Waals surface area contributed by atoms with Crippen LogP contribution in [0.4, 0.5) is 10.5 Å². The van der Waals surface area contributed by atoms with Gasteiger partial charge in [0.1, 0.15) is 12.2 Å². The number of hydrogen-bond acceptors (Lipinski definition) is 3. The van der Waals surface area contributed by atoms with Crippen LogP contribution >= 0.6 is 23.2 Å². The van der Waals surface area contributed by atoms with Crippen LogP contribution in [0.1, 0.15) is 17.8 Å². The molecule has 6 nitrogen and oxygen atoms in total. The van der Waals surface area contributed by atoms with Gasteiger partial charge in [-0.25, -0.2) is 9.78 Å². The van der Waals surface area contributed by atoms with Gasteiger partial charge in [0.15, 0.2) is 0 Å². The Hall–Kier alpha value is -1.79. The number of rotatable bonds is 5. The van der Waals surface area contributed by atoms with E-state index >= 15 is 0 Å². The number of H-pyrrole nitrogens is 1. The fourth-order valence-electron chi connectivity index (χ4n) is 1.72. The molecule has 0 bridgehead atoms. The van der Waals surface area contributed by atoms with E-state index in [1.807, 2.05) is 6.92 Å². The van der Waals surface area contributed by atoms with E-state index in [0.717, 1.165) is 24.2 Å². The standard InChI is InChI=1S/C13H15Cl2N5O/c1-8-5-10(15)11(6-9(8)14)19-13(21)16-4-2-3-12-17-7-18-20-12/h5-7H,2-4H2,1H3,(H2,16,19,21)(H,17,18,20). The van der Waals surface area contributed by atoms with E-state index in [2.05, 4.69) is 25.8 Å². The topological polar surface area (TPSA) is 82.7 Å². The summed E-state index contributed by atoms with van der Waals surface area (Å²) in [4.78, 5) is 15.8. The minimum absolute atomic E-state index is 0.325. The average Bonchev–Trinajstić information content (AvgIpc) is 2.94. The first-order valence-corrected chi connectivity index (χ1v) is 7.16. The van der Waals surface area contributed by atoms with Crippen LogP contribution in [0.25, 0.3) is 0 Å². The Morgan fingerprint density at radius 3 is 2.86 bits per heavy atom. The number of carbonyl (C=O) groups excluding carboxylic acids is 1. The Labute approximate surface area is 132 Å². The van der Waals surface area contributed by atoms with Gasteiger partial charge in [0.05, 0.1) is 10.7 Å². The van der Waals surface area contributed by atoms with Gasteiger partial charge in [-0.05, 0) is 31.0 Å². The monoisotopic (exact) mass is 327 g/mol. The molecule has 0 aliphatic carbocycles. The fourth-order valence-corrected chi connectivity index (χ4v) is 2.15. The second kappa shape index (κ2) is 7.28. The molecule has 2 aromatic rings. The maximum Gasteiger partial charge on any atom is 0.319 e. The van der Waals surface area contributed by atoms with Gasteiger partial charge in [-0.3, -0.25) is 5.10 Å². The van der Waals surface area contributed by atoms with Crippen molar-refractivity contribution < 1.29 is 4.79 Å². The molecule has 0 saturated carbocycles. The van der Waals surface area contributed by atoms with Crippen molar-refractivity contribution in [1.29, 1.82) is 0 Å². The molecule has 1 heterocycles. The number of aromatic nitrogens is 3. The SMILES string of the molecule is Cc1cc(Cl)c(NC(=O)NCCCc2ncn[nH]2)cc1Cl. The van der Waals surface area contributed by atoms with Crippen LogP contribution in [0.3, 0.4) is 0 Å². The van der Waals surface area contributed by atoms with Gasteiger partial charge >= 0.3 is 6.03 Å². The summed E-state index contributed by atoms with van der Waals surface area (Å²) >= 11 is 12.1. The lowest BCUT2D eigenvalue weighted by atomic mass is 10.2. The number of amides is 2. The highest BCUT2D eigenvalue weighted by molar-refractivity contribution is 6.36. The fraction of sp³-hybridized carbons (Fsp3) is 0.308. The van der Waals surface area contributed by atoms with Crippen molar-refractivity contribution in [3.8, 4) is 0 Å². The van der Waals surface area contributed by atoms with E-state index in [0.29, 0.717) is 22.3 Å². The molecular weight excluding hydrogens is 313 g/mol. The highest BCUT2D eigenvalue weighted by Crippen LogP contribution is 2.28. The van der Waals surface area contributed by atoms with Gasteiger partial charge in [0.25, 0.3) is 0 Å². The Balaban J connectivity index is 1.78. The number of benzene rings is 1. The zero-order valence-electron chi connectivity index (χ0n) is 11.4. The number of anilines is 1. The molecule has 3 N–H and O–H groups in total. The van der Waals surface area contributed by atoms with E-state index in [9.17, 15) is 4.79 Å².